The summed E-state index contributed by atoms with van der Waals surface area (Å²) < 4.78 is 16.8. The zero-order chi connectivity index (χ0) is 19.4. The fourth-order valence-electron chi connectivity index (χ4n) is 2.36. The van der Waals surface area contributed by atoms with Crippen LogP contribution in [0.25, 0.3) is 0 Å². The highest BCUT2D eigenvalue weighted by atomic mass is 32.2. The first-order chi connectivity index (χ1) is 11.4. The number of carbonyl (C=O) groups excluding carboxylic acids is 2. The van der Waals surface area contributed by atoms with Crippen LogP contribution >= 0.6 is 0 Å². The highest BCUT2D eigenvalue weighted by Crippen LogP contribution is 2.25. The maximum Gasteiger partial charge on any atom is 0.244 e. The maximum atomic E-state index is 12.7. The molecule has 2 amide bonds. The van der Waals surface area contributed by atoms with Gasteiger partial charge in [-0.3, -0.25) is 19.1 Å². The van der Waals surface area contributed by atoms with Crippen LogP contribution in [0.5, 0.6) is 0 Å². The average molecular weight is 375 g/mol. The Labute approximate surface area is 151 Å². The van der Waals surface area contributed by atoms with Crippen LogP contribution in [0.1, 0.15) is 53.9 Å². The Balaban J connectivity index is 2.68. The van der Waals surface area contributed by atoms with Crippen molar-refractivity contribution in [1.29, 1.82) is 5.41 Å². The number of hydrogen-bond acceptors (Lipinski definition) is 6. The van der Waals surface area contributed by atoms with Crippen LogP contribution in [0.2, 0.25) is 0 Å². The predicted molar refractivity (Wildman–Crippen MR) is 97.0 cm³/mol. The van der Waals surface area contributed by atoms with E-state index in [9.17, 15) is 18.9 Å². The monoisotopic (exact) mass is 374 g/mol. The standard InChI is InChI=1S/C17H30N2O5S/c1-11(20)16(2,3)13(18)10-14(21)19-15(22)17(4,5)25(23)12-6-8-24-9-7-12/h11-12,18,20H,6-10H2,1-5H3,(H,19,21,22). The summed E-state index contributed by atoms with van der Waals surface area (Å²) in [4.78, 5) is 24.6. The van der Waals surface area contributed by atoms with Crippen LogP contribution in [0, 0.1) is 10.8 Å². The molecule has 0 spiro atoms. The van der Waals surface area contributed by atoms with E-state index in [2.05, 4.69) is 5.32 Å². The molecular weight excluding hydrogens is 344 g/mol. The number of imide groups is 1. The molecule has 1 heterocycles. The highest BCUT2D eigenvalue weighted by molar-refractivity contribution is 7.87. The van der Waals surface area contributed by atoms with Crippen molar-refractivity contribution in [3.63, 3.8) is 0 Å². The summed E-state index contributed by atoms with van der Waals surface area (Å²) in [6, 6.07) is 0. The number of aliphatic hydroxyl groups excluding tert-OH is 1. The maximum absolute atomic E-state index is 12.7. The summed E-state index contributed by atoms with van der Waals surface area (Å²) in [5, 5.41) is 19.8. The molecular formula is C17H30N2O5S. The molecule has 1 rings (SSSR count). The van der Waals surface area contributed by atoms with E-state index in [-0.39, 0.29) is 17.4 Å². The van der Waals surface area contributed by atoms with Gasteiger partial charge in [-0.25, -0.2) is 0 Å². The van der Waals surface area contributed by atoms with Crippen LogP contribution in [-0.4, -0.2) is 56.2 Å². The van der Waals surface area contributed by atoms with Gasteiger partial charge in [0.15, 0.2) is 0 Å². The molecule has 25 heavy (non-hydrogen) atoms. The lowest BCUT2D eigenvalue weighted by atomic mass is 9.81. The van der Waals surface area contributed by atoms with E-state index >= 15 is 0 Å². The lowest BCUT2D eigenvalue weighted by molar-refractivity contribution is -0.130. The lowest BCUT2D eigenvalue weighted by Gasteiger charge is -2.31. The quantitative estimate of drug-likeness (QED) is 0.578. The molecule has 0 radical (unpaired) electrons. The fourth-order valence-corrected chi connectivity index (χ4v) is 4.05. The summed E-state index contributed by atoms with van der Waals surface area (Å²) in [7, 11) is -1.44. The van der Waals surface area contributed by atoms with Crippen molar-refractivity contribution in [2.45, 2.75) is 70.0 Å². The van der Waals surface area contributed by atoms with Crippen molar-refractivity contribution in [3.05, 3.63) is 0 Å². The van der Waals surface area contributed by atoms with Gasteiger partial charge in [0.25, 0.3) is 0 Å². The zero-order valence-electron chi connectivity index (χ0n) is 15.7. The van der Waals surface area contributed by atoms with Crippen molar-refractivity contribution in [1.82, 2.24) is 5.32 Å². The normalized spacial score (nSPS) is 19.1. The van der Waals surface area contributed by atoms with Crippen molar-refractivity contribution in [2.75, 3.05) is 13.2 Å². The van der Waals surface area contributed by atoms with Crippen LogP contribution in [-0.2, 0) is 25.1 Å². The molecule has 7 nitrogen and oxygen atoms in total. The van der Waals surface area contributed by atoms with E-state index in [1.807, 2.05) is 0 Å². The van der Waals surface area contributed by atoms with Gasteiger partial charge in [0.2, 0.25) is 11.8 Å². The van der Waals surface area contributed by atoms with Gasteiger partial charge in [-0.05, 0) is 33.6 Å². The summed E-state index contributed by atoms with van der Waals surface area (Å²) in [6.45, 7) is 9.06. The second-order valence-corrected chi connectivity index (χ2v) is 9.83. The number of carbonyl (C=O) groups is 2. The molecule has 2 atom stereocenters. The van der Waals surface area contributed by atoms with E-state index in [1.165, 1.54) is 0 Å². The molecule has 2 unspecified atom stereocenters. The zero-order valence-corrected chi connectivity index (χ0v) is 16.5. The van der Waals surface area contributed by atoms with E-state index < -0.39 is 38.9 Å². The third-order valence-corrected chi connectivity index (χ3v) is 7.20. The van der Waals surface area contributed by atoms with E-state index in [0.717, 1.165) is 0 Å². The number of amides is 2. The summed E-state index contributed by atoms with van der Waals surface area (Å²) in [5.74, 6) is -1.23. The van der Waals surface area contributed by atoms with Crippen LogP contribution in [0.4, 0.5) is 0 Å². The molecule has 1 saturated heterocycles. The molecule has 0 aromatic rings. The molecule has 8 heteroatoms. The first kappa shape index (κ1) is 21.9. The molecule has 0 aromatic heterocycles. The smallest absolute Gasteiger partial charge is 0.244 e. The third kappa shape index (κ3) is 5.43. The molecule has 0 saturated carbocycles. The second kappa shape index (κ2) is 8.51. The molecule has 1 aliphatic heterocycles. The van der Waals surface area contributed by atoms with Gasteiger partial charge in [-0.2, -0.15) is 0 Å². The van der Waals surface area contributed by atoms with Gasteiger partial charge in [0, 0.05) is 40.4 Å². The minimum absolute atomic E-state index is 0.0381. The van der Waals surface area contributed by atoms with Crippen LogP contribution in [0.3, 0.4) is 0 Å². The molecule has 144 valence electrons. The Kier molecular flexibility index (Phi) is 7.46. The van der Waals surface area contributed by atoms with Gasteiger partial charge >= 0.3 is 0 Å². The largest absolute Gasteiger partial charge is 0.392 e. The number of rotatable bonds is 7. The topological polar surface area (TPSA) is 117 Å². The highest BCUT2D eigenvalue weighted by Gasteiger charge is 2.40. The van der Waals surface area contributed by atoms with Crippen LogP contribution in [0.15, 0.2) is 0 Å². The lowest BCUT2D eigenvalue weighted by Crippen LogP contribution is -2.51. The Morgan fingerprint density at radius 3 is 2.28 bits per heavy atom. The SMILES string of the molecule is CC(O)C(C)(C)C(=N)CC(=O)NC(=O)C(C)(C)S(=O)C1CCOCC1. The van der Waals surface area contributed by atoms with Gasteiger partial charge in [-0.15, -0.1) is 0 Å². The third-order valence-electron chi connectivity index (χ3n) is 4.93. The van der Waals surface area contributed by atoms with Crippen LogP contribution < -0.4 is 5.32 Å². The number of aliphatic hydroxyl groups is 1. The van der Waals surface area contributed by atoms with Gasteiger partial charge in [0.05, 0.1) is 12.5 Å². The Morgan fingerprint density at radius 1 is 1.28 bits per heavy atom. The van der Waals surface area contributed by atoms with Gasteiger partial charge < -0.3 is 15.3 Å². The van der Waals surface area contributed by atoms with Gasteiger partial charge in [0.1, 0.15) is 4.75 Å². The van der Waals surface area contributed by atoms with E-state index in [4.69, 9.17) is 10.1 Å². The summed E-state index contributed by atoms with van der Waals surface area (Å²) >= 11 is 0. The van der Waals surface area contributed by atoms with Crippen molar-refractivity contribution in [2.24, 2.45) is 5.41 Å². The molecule has 1 aliphatic rings. The summed E-state index contributed by atoms with van der Waals surface area (Å²) in [5.41, 5.74) is -0.822. The molecule has 0 bridgehead atoms. The van der Waals surface area contributed by atoms with Crippen molar-refractivity contribution >= 4 is 28.3 Å². The molecule has 1 fully saturated rings. The average Bonchev–Trinajstić information content (AvgIpc) is 2.54. The molecule has 3 N–H and O–H groups in total. The first-order valence-corrected chi connectivity index (χ1v) is 9.70. The second-order valence-electron chi connectivity index (χ2n) is 7.55. The number of ether oxygens (including phenoxy) is 1. The van der Waals surface area contributed by atoms with Crippen molar-refractivity contribution < 1.29 is 23.6 Å². The molecule has 0 aromatic carbocycles. The minimum atomic E-state index is -1.44. The number of nitrogens with one attached hydrogen (secondary N) is 2. The van der Waals surface area contributed by atoms with E-state index in [0.29, 0.717) is 26.1 Å². The Morgan fingerprint density at radius 2 is 1.80 bits per heavy atom. The number of hydrogen-bond donors (Lipinski definition) is 3. The van der Waals surface area contributed by atoms with Crippen molar-refractivity contribution in [3.8, 4) is 0 Å². The predicted octanol–water partition coefficient (Wildman–Crippen LogP) is 1.15. The fraction of sp³-hybridized carbons (Fsp3) is 0.824. The Bertz CT molecular complexity index is 551. The first-order valence-electron chi connectivity index (χ1n) is 8.49. The Hall–Kier alpha value is -1.12. The van der Waals surface area contributed by atoms with E-state index in [1.54, 1.807) is 34.6 Å². The summed E-state index contributed by atoms with van der Waals surface area (Å²) in [6.07, 6.45) is 0.180. The molecule has 0 aliphatic carbocycles. The minimum Gasteiger partial charge on any atom is -0.392 e. The van der Waals surface area contributed by atoms with Gasteiger partial charge in [-0.1, -0.05) is 13.8 Å².